The third-order valence-electron chi connectivity index (χ3n) is 3.17. The molecule has 0 radical (unpaired) electrons. The zero-order chi connectivity index (χ0) is 15.2. The lowest BCUT2D eigenvalue weighted by Gasteiger charge is -2.22. The SMILES string of the molecule is COCCOC(=O)c1nnn(CCC(C)(C)OC)c1C. The topological polar surface area (TPSA) is 75.5 Å². The summed E-state index contributed by atoms with van der Waals surface area (Å²) in [5, 5.41) is 7.86. The number of carbonyl (C=O) groups excluding carboxylic acids is 1. The maximum absolute atomic E-state index is 11.8. The van der Waals surface area contributed by atoms with Gasteiger partial charge in [-0.3, -0.25) is 0 Å². The van der Waals surface area contributed by atoms with Gasteiger partial charge in [0.1, 0.15) is 6.61 Å². The molecule has 0 saturated carbocycles. The highest BCUT2D eigenvalue weighted by Crippen LogP contribution is 2.15. The molecule has 0 N–H and O–H groups in total. The Balaban J connectivity index is 2.62. The van der Waals surface area contributed by atoms with E-state index < -0.39 is 5.97 Å². The molecule has 1 heterocycles. The van der Waals surface area contributed by atoms with Crippen molar-refractivity contribution >= 4 is 5.97 Å². The van der Waals surface area contributed by atoms with Gasteiger partial charge in [0.05, 0.1) is 17.9 Å². The smallest absolute Gasteiger partial charge is 0.360 e. The lowest BCUT2D eigenvalue weighted by atomic mass is 10.1. The van der Waals surface area contributed by atoms with Crippen LogP contribution in [0.5, 0.6) is 0 Å². The van der Waals surface area contributed by atoms with Crippen LogP contribution in [0.4, 0.5) is 0 Å². The molecule has 0 unspecified atom stereocenters. The molecule has 0 fully saturated rings. The highest BCUT2D eigenvalue weighted by Gasteiger charge is 2.20. The van der Waals surface area contributed by atoms with Gasteiger partial charge in [-0.05, 0) is 27.2 Å². The summed E-state index contributed by atoms with van der Waals surface area (Å²) in [4.78, 5) is 11.8. The molecule has 0 atom stereocenters. The quantitative estimate of drug-likeness (QED) is 0.528. The van der Waals surface area contributed by atoms with Gasteiger partial charge < -0.3 is 14.2 Å². The highest BCUT2D eigenvalue weighted by molar-refractivity contribution is 5.88. The summed E-state index contributed by atoms with van der Waals surface area (Å²) in [5.74, 6) is -0.475. The van der Waals surface area contributed by atoms with Crippen molar-refractivity contribution in [3.63, 3.8) is 0 Å². The Labute approximate surface area is 119 Å². The van der Waals surface area contributed by atoms with E-state index in [1.165, 1.54) is 0 Å². The minimum absolute atomic E-state index is 0.207. The average Bonchev–Trinajstić information content (AvgIpc) is 2.78. The molecule has 0 aliphatic carbocycles. The average molecular weight is 285 g/mol. The summed E-state index contributed by atoms with van der Waals surface area (Å²) in [5.41, 5.74) is 0.702. The molecule has 1 aromatic heterocycles. The van der Waals surface area contributed by atoms with Crippen molar-refractivity contribution in [3.8, 4) is 0 Å². The molecular formula is C13H23N3O4. The fourth-order valence-corrected chi connectivity index (χ4v) is 1.52. The van der Waals surface area contributed by atoms with Crippen LogP contribution in [0.25, 0.3) is 0 Å². The Hall–Kier alpha value is -1.47. The molecule has 1 aromatic rings. The molecule has 0 aliphatic rings. The fourth-order valence-electron chi connectivity index (χ4n) is 1.52. The van der Waals surface area contributed by atoms with Crippen molar-refractivity contribution in [3.05, 3.63) is 11.4 Å². The maximum atomic E-state index is 11.8. The van der Waals surface area contributed by atoms with Crippen molar-refractivity contribution in [1.82, 2.24) is 15.0 Å². The van der Waals surface area contributed by atoms with E-state index in [1.807, 2.05) is 13.8 Å². The van der Waals surface area contributed by atoms with Gasteiger partial charge in [-0.25, -0.2) is 9.48 Å². The predicted octanol–water partition coefficient (Wildman–Crippen LogP) is 1.20. The number of hydrogen-bond donors (Lipinski definition) is 0. The fraction of sp³-hybridized carbons (Fsp3) is 0.769. The number of carbonyl (C=O) groups is 1. The van der Waals surface area contributed by atoms with Crippen LogP contribution in [-0.4, -0.2) is 54.0 Å². The van der Waals surface area contributed by atoms with Crippen molar-refractivity contribution < 1.29 is 19.0 Å². The number of methoxy groups -OCH3 is 2. The molecule has 7 nitrogen and oxygen atoms in total. The normalized spacial score (nSPS) is 11.7. The standard InChI is InChI=1S/C13H23N3O4/c1-10-11(12(17)20-9-8-18-4)14-15-16(10)7-6-13(2,3)19-5/h6-9H2,1-5H3. The van der Waals surface area contributed by atoms with Gasteiger partial charge in [-0.2, -0.15) is 0 Å². The molecule has 0 amide bonds. The summed E-state index contributed by atoms with van der Waals surface area (Å²) >= 11 is 0. The summed E-state index contributed by atoms with van der Waals surface area (Å²) in [7, 11) is 3.22. The maximum Gasteiger partial charge on any atom is 0.360 e. The van der Waals surface area contributed by atoms with Crippen LogP contribution >= 0.6 is 0 Å². The Morgan fingerprint density at radius 1 is 1.30 bits per heavy atom. The van der Waals surface area contributed by atoms with Crippen LogP contribution in [0.15, 0.2) is 0 Å². The number of hydrogen-bond acceptors (Lipinski definition) is 6. The molecule has 7 heteroatoms. The van der Waals surface area contributed by atoms with Gasteiger partial charge in [-0.15, -0.1) is 5.10 Å². The van der Waals surface area contributed by atoms with E-state index in [0.717, 1.165) is 6.42 Å². The summed E-state index contributed by atoms with van der Waals surface area (Å²) in [6, 6.07) is 0. The first-order chi connectivity index (χ1) is 9.41. The van der Waals surface area contributed by atoms with E-state index in [-0.39, 0.29) is 17.9 Å². The van der Waals surface area contributed by atoms with Gasteiger partial charge in [0.2, 0.25) is 0 Å². The minimum atomic E-state index is -0.475. The van der Waals surface area contributed by atoms with Crippen LogP contribution in [0, 0.1) is 6.92 Å². The zero-order valence-electron chi connectivity index (χ0n) is 12.8. The Morgan fingerprint density at radius 2 is 2.00 bits per heavy atom. The van der Waals surface area contributed by atoms with Gasteiger partial charge in [0.25, 0.3) is 0 Å². The molecule has 114 valence electrons. The van der Waals surface area contributed by atoms with Crippen molar-refractivity contribution in [2.75, 3.05) is 27.4 Å². The van der Waals surface area contributed by atoms with Crippen LogP contribution in [-0.2, 0) is 20.8 Å². The highest BCUT2D eigenvalue weighted by atomic mass is 16.6. The largest absolute Gasteiger partial charge is 0.458 e. The van der Waals surface area contributed by atoms with Gasteiger partial charge in [0.15, 0.2) is 5.69 Å². The third kappa shape index (κ3) is 4.57. The van der Waals surface area contributed by atoms with E-state index >= 15 is 0 Å². The summed E-state index contributed by atoms with van der Waals surface area (Å²) < 4.78 is 16.9. The number of rotatable bonds is 8. The second-order valence-electron chi connectivity index (χ2n) is 5.09. The van der Waals surface area contributed by atoms with Crippen molar-refractivity contribution in [2.45, 2.75) is 39.3 Å². The second-order valence-corrected chi connectivity index (χ2v) is 5.09. The number of ether oxygens (including phenoxy) is 3. The lowest BCUT2D eigenvalue weighted by Crippen LogP contribution is -2.25. The number of nitrogens with zero attached hydrogens (tertiary/aromatic N) is 3. The first kappa shape index (κ1) is 16.6. The molecule has 0 aromatic carbocycles. The van der Waals surface area contributed by atoms with E-state index in [4.69, 9.17) is 14.2 Å². The van der Waals surface area contributed by atoms with Crippen LogP contribution in [0.2, 0.25) is 0 Å². The molecule has 0 aliphatic heterocycles. The monoisotopic (exact) mass is 285 g/mol. The van der Waals surface area contributed by atoms with E-state index in [1.54, 1.807) is 25.8 Å². The Morgan fingerprint density at radius 3 is 2.60 bits per heavy atom. The summed E-state index contributed by atoms with van der Waals surface area (Å²) in [6.07, 6.45) is 0.770. The second kappa shape index (κ2) is 7.35. The van der Waals surface area contributed by atoms with Crippen LogP contribution in [0.3, 0.4) is 0 Å². The third-order valence-corrected chi connectivity index (χ3v) is 3.17. The summed E-state index contributed by atoms with van der Waals surface area (Å²) in [6.45, 7) is 7.00. The number of esters is 1. The molecule has 0 bridgehead atoms. The molecule has 0 spiro atoms. The van der Waals surface area contributed by atoms with Crippen LogP contribution < -0.4 is 0 Å². The predicted molar refractivity (Wildman–Crippen MR) is 72.6 cm³/mol. The number of aromatic nitrogens is 3. The molecule has 20 heavy (non-hydrogen) atoms. The first-order valence-electron chi connectivity index (χ1n) is 6.52. The number of aryl methyl sites for hydroxylation is 1. The zero-order valence-corrected chi connectivity index (χ0v) is 12.8. The van der Waals surface area contributed by atoms with Crippen LogP contribution in [0.1, 0.15) is 36.5 Å². The van der Waals surface area contributed by atoms with E-state index in [9.17, 15) is 4.79 Å². The Kier molecular flexibility index (Phi) is 6.09. The van der Waals surface area contributed by atoms with E-state index in [0.29, 0.717) is 18.8 Å². The minimum Gasteiger partial charge on any atom is -0.458 e. The molecule has 0 saturated heterocycles. The first-order valence-corrected chi connectivity index (χ1v) is 6.52. The van der Waals surface area contributed by atoms with Gasteiger partial charge in [0, 0.05) is 20.8 Å². The Bertz CT molecular complexity index is 443. The van der Waals surface area contributed by atoms with E-state index in [2.05, 4.69) is 10.3 Å². The molecule has 1 rings (SSSR count). The lowest BCUT2D eigenvalue weighted by molar-refractivity contribution is 0.0111. The van der Waals surface area contributed by atoms with Gasteiger partial charge in [-0.1, -0.05) is 5.21 Å². The molecular weight excluding hydrogens is 262 g/mol. The van der Waals surface area contributed by atoms with Gasteiger partial charge >= 0.3 is 5.97 Å². The van der Waals surface area contributed by atoms with Crippen molar-refractivity contribution in [2.24, 2.45) is 0 Å². The van der Waals surface area contributed by atoms with Crippen molar-refractivity contribution in [1.29, 1.82) is 0 Å².